The molecule has 1 aliphatic rings. The Bertz CT molecular complexity index is 503. The molecule has 2 heterocycles. The minimum Gasteiger partial charge on any atom is -0.356 e. The molecule has 0 aliphatic carbocycles. The summed E-state index contributed by atoms with van der Waals surface area (Å²) in [5, 5.41) is 5.11. The van der Waals surface area contributed by atoms with Crippen molar-refractivity contribution in [3.63, 3.8) is 0 Å². The lowest BCUT2D eigenvalue weighted by molar-refractivity contribution is -0.0366. The summed E-state index contributed by atoms with van der Waals surface area (Å²) in [6.07, 6.45) is 4.96. The number of ether oxygens (including phenoxy) is 1. The van der Waals surface area contributed by atoms with Crippen LogP contribution >= 0.6 is 0 Å². The van der Waals surface area contributed by atoms with Crippen LogP contribution in [0.4, 0.5) is 4.39 Å². The first-order valence-corrected chi connectivity index (χ1v) is 5.59. The third-order valence-corrected chi connectivity index (χ3v) is 2.99. The predicted molar refractivity (Wildman–Crippen MR) is 58.5 cm³/mol. The molecule has 1 aromatic heterocycles. The van der Waals surface area contributed by atoms with Crippen LogP contribution < -0.4 is 0 Å². The molecular formula is C12H13FN2O. The first-order chi connectivity index (χ1) is 7.84. The molecule has 1 fully saturated rings. The lowest BCUT2D eigenvalue weighted by atomic mass is 10.2. The SMILES string of the molecule is Fc1ccc2c(cnn2C2CCCCO2)c1. The van der Waals surface area contributed by atoms with E-state index in [-0.39, 0.29) is 12.0 Å². The van der Waals surface area contributed by atoms with Crippen LogP contribution in [-0.2, 0) is 4.74 Å². The van der Waals surface area contributed by atoms with Gasteiger partial charge in [0, 0.05) is 12.0 Å². The fraction of sp³-hybridized carbons (Fsp3) is 0.417. The summed E-state index contributed by atoms with van der Waals surface area (Å²) in [5.74, 6) is -0.225. The van der Waals surface area contributed by atoms with Crippen LogP contribution in [0.5, 0.6) is 0 Å². The fourth-order valence-corrected chi connectivity index (χ4v) is 2.17. The maximum atomic E-state index is 13.0. The molecule has 1 unspecified atom stereocenters. The summed E-state index contributed by atoms with van der Waals surface area (Å²) in [5.41, 5.74) is 0.938. The second kappa shape index (κ2) is 3.87. The summed E-state index contributed by atoms with van der Waals surface area (Å²) < 4.78 is 20.5. The molecule has 2 aromatic rings. The maximum absolute atomic E-state index is 13.0. The summed E-state index contributed by atoms with van der Waals surface area (Å²) in [4.78, 5) is 0. The number of hydrogen-bond donors (Lipinski definition) is 0. The zero-order valence-corrected chi connectivity index (χ0v) is 8.90. The van der Waals surface area contributed by atoms with E-state index in [2.05, 4.69) is 5.10 Å². The maximum Gasteiger partial charge on any atom is 0.150 e. The fourth-order valence-electron chi connectivity index (χ4n) is 2.17. The Hall–Kier alpha value is -1.42. The van der Waals surface area contributed by atoms with Crippen LogP contribution in [0.3, 0.4) is 0 Å². The van der Waals surface area contributed by atoms with Crippen LogP contribution in [0.1, 0.15) is 25.5 Å². The van der Waals surface area contributed by atoms with Gasteiger partial charge >= 0.3 is 0 Å². The highest BCUT2D eigenvalue weighted by Gasteiger charge is 2.18. The van der Waals surface area contributed by atoms with Crippen LogP contribution in [-0.4, -0.2) is 16.4 Å². The monoisotopic (exact) mass is 220 g/mol. The lowest BCUT2D eigenvalue weighted by Gasteiger charge is -2.23. The molecule has 0 spiro atoms. The van der Waals surface area contributed by atoms with Gasteiger partial charge < -0.3 is 4.74 Å². The van der Waals surface area contributed by atoms with Gasteiger partial charge in [-0.1, -0.05) is 0 Å². The van der Waals surface area contributed by atoms with E-state index in [0.717, 1.165) is 36.8 Å². The Morgan fingerprint density at radius 1 is 1.38 bits per heavy atom. The van der Waals surface area contributed by atoms with Crippen LogP contribution in [0.2, 0.25) is 0 Å². The van der Waals surface area contributed by atoms with Crippen molar-refractivity contribution in [3.8, 4) is 0 Å². The molecule has 1 aromatic carbocycles. The molecule has 1 aliphatic heterocycles. The standard InChI is InChI=1S/C12H13FN2O/c13-10-4-5-11-9(7-10)8-14-15(11)12-3-1-2-6-16-12/h4-5,7-8,12H,1-3,6H2. The van der Waals surface area contributed by atoms with Crippen molar-refractivity contribution in [1.82, 2.24) is 9.78 Å². The number of hydrogen-bond acceptors (Lipinski definition) is 2. The highest BCUT2D eigenvalue weighted by molar-refractivity contribution is 5.78. The van der Waals surface area contributed by atoms with Crippen molar-refractivity contribution >= 4 is 10.9 Å². The quantitative estimate of drug-likeness (QED) is 0.738. The van der Waals surface area contributed by atoms with Crippen molar-refractivity contribution in [3.05, 3.63) is 30.2 Å². The summed E-state index contributed by atoms with van der Waals surface area (Å²) in [7, 11) is 0. The summed E-state index contributed by atoms with van der Waals surface area (Å²) >= 11 is 0. The van der Waals surface area contributed by atoms with Gasteiger partial charge in [0.05, 0.1) is 11.7 Å². The van der Waals surface area contributed by atoms with Crippen molar-refractivity contribution in [2.45, 2.75) is 25.5 Å². The van der Waals surface area contributed by atoms with Crippen molar-refractivity contribution < 1.29 is 9.13 Å². The van der Waals surface area contributed by atoms with Crippen LogP contribution in [0, 0.1) is 5.82 Å². The van der Waals surface area contributed by atoms with Gasteiger partial charge in [0.2, 0.25) is 0 Å². The summed E-state index contributed by atoms with van der Waals surface area (Å²) in [6.45, 7) is 0.785. The van der Waals surface area contributed by atoms with Gasteiger partial charge in [-0.15, -0.1) is 0 Å². The van der Waals surface area contributed by atoms with E-state index in [0.29, 0.717) is 0 Å². The molecule has 0 amide bonds. The largest absolute Gasteiger partial charge is 0.356 e. The second-order valence-corrected chi connectivity index (χ2v) is 4.11. The first-order valence-electron chi connectivity index (χ1n) is 5.59. The van der Waals surface area contributed by atoms with Gasteiger partial charge in [0.15, 0.2) is 6.23 Å². The Morgan fingerprint density at radius 2 is 2.31 bits per heavy atom. The minimum atomic E-state index is -0.225. The highest BCUT2D eigenvalue weighted by atomic mass is 19.1. The van der Waals surface area contributed by atoms with Crippen molar-refractivity contribution in [2.24, 2.45) is 0 Å². The van der Waals surface area contributed by atoms with Crippen LogP contribution in [0.25, 0.3) is 10.9 Å². The van der Waals surface area contributed by atoms with Crippen LogP contribution in [0.15, 0.2) is 24.4 Å². The number of fused-ring (bicyclic) bond motifs is 1. The number of halogens is 1. The topological polar surface area (TPSA) is 27.1 Å². The lowest BCUT2D eigenvalue weighted by Crippen LogP contribution is -2.18. The van der Waals surface area contributed by atoms with E-state index < -0.39 is 0 Å². The Labute approximate surface area is 92.8 Å². The average Bonchev–Trinajstić information content (AvgIpc) is 2.73. The number of benzene rings is 1. The second-order valence-electron chi connectivity index (χ2n) is 4.11. The molecule has 0 N–H and O–H groups in total. The van der Waals surface area contributed by atoms with Gasteiger partial charge in [-0.25, -0.2) is 9.07 Å². The van der Waals surface area contributed by atoms with E-state index in [4.69, 9.17) is 4.74 Å². The number of aromatic nitrogens is 2. The van der Waals surface area contributed by atoms with E-state index >= 15 is 0 Å². The van der Waals surface area contributed by atoms with E-state index in [1.54, 1.807) is 12.3 Å². The van der Waals surface area contributed by atoms with Gasteiger partial charge in [0.1, 0.15) is 5.82 Å². The minimum absolute atomic E-state index is 0.0108. The molecular weight excluding hydrogens is 207 g/mol. The molecule has 84 valence electrons. The molecule has 3 rings (SSSR count). The normalized spacial score (nSPS) is 21.4. The molecule has 3 nitrogen and oxygen atoms in total. The highest BCUT2D eigenvalue weighted by Crippen LogP contribution is 2.26. The van der Waals surface area contributed by atoms with E-state index in [1.807, 2.05) is 4.68 Å². The predicted octanol–water partition coefficient (Wildman–Crippen LogP) is 2.87. The average molecular weight is 220 g/mol. The van der Waals surface area contributed by atoms with Gasteiger partial charge in [-0.3, -0.25) is 0 Å². The van der Waals surface area contributed by atoms with Crippen molar-refractivity contribution in [2.75, 3.05) is 6.61 Å². The van der Waals surface area contributed by atoms with Crippen molar-refractivity contribution in [1.29, 1.82) is 0 Å². The molecule has 1 saturated heterocycles. The molecule has 1 atom stereocenters. The first kappa shape index (κ1) is 9.78. The molecule has 16 heavy (non-hydrogen) atoms. The van der Waals surface area contributed by atoms with E-state index in [9.17, 15) is 4.39 Å². The zero-order valence-electron chi connectivity index (χ0n) is 8.90. The third kappa shape index (κ3) is 1.59. The molecule has 0 radical (unpaired) electrons. The molecule has 4 heteroatoms. The van der Waals surface area contributed by atoms with Gasteiger partial charge in [-0.2, -0.15) is 5.10 Å². The Balaban J connectivity index is 2.03. The van der Waals surface area contributed by atoms with Gasteiger partial charge in [-0.05, 0) is 37.5 Å². The Morgan fingerprint density at radius 3 is 3.12 bits per heavy atom. The molecule has 0 bridgehead atoms. The third-order valence-electron chi connectivity index (χ3n) is 2.99. The number of rotatable bonds is 1. The summed E-state index contributed by atoms with van der Waals surface area (Å²) in [6, 6.07) is 4.72. The van der Waals surface area contributed by atoms with E-state index in [1.165, 1.54) is 12.1 Å². The smallest absolute Gasteiger partial charge is 0.150 e. The zero-order chi connectivity index (χ0) is 11.0. The Kier molecular flexibility index (Phi) is 2.36. The van der Waals surface area contributed by atoms with Gasteiger partial charge in [0.25, 0.3) is 0 Å². The molecule has 0 saturated carbocycles. The number of nitrogens with zero attached hydrogens (tertiary/aromatic N) is 2.